The second-order valence-electron chi connectivity index (χ2n) is 4.59. The number of rotatable bonds is 3. The number of anilines is 1. The van der Waals surface area contributed by atoms with E-state index in [2.05, 4.69) is 31.8 Å². The summed E-state index contributed by atoms with van der Waals surface area (Å²) in [6.07, 6.45) is 1.82. The topological polar surface area (TPSA) is 52.0 Å². The maximum Gasteiger partial charge on any atom is 0.195 e. The molecule has 2 N–H and O–H groups in total. The van der Waals surface area contributed by atoms with E-state index >= 15 is 0 Å². The Labute approximate surface area is 95.7 Å². The molecule has 0 aliphatic heterocycles. The lowest BCUT2D eigenvalue weighted by Gasteiger charge is -1.98. The minimum atomic E-state index is 0.542. The SMILES string of the molecule is CCc1cc(N)c2oc(CC(C)C)nc2c1. The quantitative estimate of drug-likeness (QED) is 0.805. The van der Waals surface area contributed by atoms with Crippen LogP contribution < -0.4 is 5.73 Å². The van der Waals surface area contributed by atoms with Gasteiger partial charge in [0, 0.05) is 6.42 Å². The van der Waals surface area contributed by atoms with E-state index in [1.165, 1.54) is 5.56 Å². The number of aryl methyl sites for hydroxylation is 1. The molecule has 16 heavy (non-hydrogen) atoms. The molecule has 86 valence electrons. The first-order valence-corrected chi connectivity index (χ1v) is 5.78. The molecule has 0 saturated heterocycles. The summed E-state index contributed by atoms with van der Waals surface area (Å²) in [6, 6.07) is 4.02. The van der Waals surface area contributed by atoms with Crippen molar-refractivity contribution in [2.45, 2.75) is 33.6 Å². The van der Waals surface area contributed by atoms with Crippen molar-refractivity contribution in [3.05, 3.63) is 23.6 Å². The van der Waals surface area contributed by atoms with Gasteiger partial charge < -0.3 is 10.2 Å². The molecule has 0 fully saturated rings. The van der Waals surface area contributed by atoms with Crippen molar-refractivity contribution in [1.82, 2.24) is 4.98 Å². The first-order chi connectivity index (χ1) is 7.60. The van der Waals surface area contributed by atoms with Crippen molar-refractivity contribution in [3.63, 3.8) is 0 Å². The lowest BCUT2D eigenvalue weighted by Crippen LogP contribution is -1.93. The van der Waals surface area contributed by atoms with Crippen LogP contribution in [0.2, 0.25) is 0 Å². The number of fused-ring (bicyclic) bond motifs is 1. The zero-order chi connectivity index (χ0) is 11.7. The number of nitrogens with two attached hydrogens (primary N) is 1. The Hall–Kier alpha value is -1.51. The lowest BCUT2D eigenvalue weighted by atomic mass is 10.1. The summed E-state index contributed by atoms with van der Waals surface area (Å²) < 4.78 is 5.67. The number of hydrogen-bond acceptors (Lipinski definition) is 3. The summed E-state index contributed by atoms with van der Waals surface area (Å²) >= 11 is 0. The summed E-state index contributed by atoms with van der Waals surface area (Å²) in [5.74, 6) is 1.32. The molecule has 0 radical (unpaired) electrons. The first-order valence-electron chi connectivity index (χ1n) is 5.78. The lowest BCUT2D eigenvalue weighted by molar-refractivity contribution is 0.483. The van der Waals surface area contributed by atoms with Gasteiger partial charge in [0.2, 0.25) is 0 Å². The Kier molecular flexibility index (Phi) is 2.86. The van der Waals surface area contributed by atoms with Crippen LogP contribution in [0.4, 0.5) is 5.69 Å². The number of nitrogens with zero attached hydrogens (tertiary/aromatic N) is 1. The molecule has 2 rings (SSSR count). The molecule has 0 spiro atoms. The zero-order valence-corrected chi connectivity index (χ0v) is 10.1. The van der Waals surface area contributed by atoms with Crippen LogP contribution in [0.1, 0.15) is 32.2 Å². The number of benzene rings is 1. The van der Waals surface area contributed by atoms with Gasteiger partial charge in [-0.3, -0.25) is 0 Å². The Morgan fingerprint density at radius 3 is 2.75 bits per heavy atom. The molecule has 0 aliphatic rings. The fraction of sp³-hybridized carbons (Fsp3) is 0.462. The fourth-order valence-corrected chi connectivity index (χ4v) is 1.81. The second-order valence-corrected chi connectivity index (χ2v) is 4.59. The van der Waals surface area contributed by atoms with Gasteiger partial charge in [-0.15, -0.1) is 0 Å². The third-order valence-corrected chi connectivity index (χ3v) is 2.61. The number of aromatic nitrogens is 1. The van der Waals surface area contributed by atoms with E-state index in [0.717, 1.165) is 29.8 Å². The van der Waals surface area contributed by atoms with Crippen LogP contribution in [0.15, 0.2) is 16.5 Å². The number of oxazole rings is 1. The normalized spacial score (nSPS) is 11.5. The van der Waals surface area contributed by atoms with Gasteiger partial charge >= 0.3 is 0 Å². The van der Waals surface area contributed by atoms with Gasteiger partial charge in [0.05, 0.1) is 5.69 Å². The number of nitrogen functional groups attached to an aromatic ring is 1. The molecule has 0 bridgehead atoms. The molecule has 0 amide bonds. The highest BCUT2D eigenvalue weighted by Crippen LogP contribution is 2.25. The van der Waals surface area contributed by atoms with Crippen LogP contribution in [0.5, 0.6) is 0 Å². The predicted molar refractivity (Wildman–Crippen MR) is 66.3 cm³/mol. The highest BCUT2D eigenvalue weighted by molar-refractivity contribution is 5.85. The van der Waals surface area contributed by atoms with Crippen molar-refractivity contribution in [2.24, 2.45) is 5.92 Å². The van der Waals surface area contributed by atoms with Gasteiger partial charge in [-0.25, -0.2) is 4.98 Å². The molecular formula is C13H18N2O. The van der Waals surface area contributed by atoms with Crippen LogP contribution in [-0.2, 0) is 12.8 Å². The van der Waals surface area contributed by atoms with E-state index in [0.29, 0.717) is 11.6 Å². The molecule has 1 aromatic carbocycles. The van der Waals surface area contributed by atoms with Gasteiger partial charge in [0.15, 0.2) is 11.5 Å². The molecule has 0 aliphatic carbocycles. The van der Waals surface area contributed by atoms with Crippen molar-refractivity contribution in [3.8, 4) is 0 Å². The summed E-state index contributed by atoms with van der Waals surface area (Å²) in [7, 11) is 0. The van der Waals surface area contributed by atoms with Crippen LogP contribution in [0.25, 0.3) is 11.1 Å². The van der Waals surface area contributed by atoms with E-state index < -0.39 is 0 Å². The Bertz CT molecular complexity index is 500. The van der Waals surface area contributed by atoms with Crippen molar-refractivity contribution in [2.75, 3.05) is 5.73 Å². The van der Waals surface area contributed by atoms with Crippen LogP contribution in [0.3, 0.4) is 0 Å². The summed E-state index contributed by atoms with van der Waals surface area (Å²) in [4.78, 5) is 4.48. The standard InChI is InChI=1S/C13H18N2O/c1-4-9-6-10(14)13-11(7-9)15-12(16-13)5-8(2)3/h6-8H,4-5,14H2,1-3H3. The van der Waals surface area contributed by atoms with E-state index in [1.54, 1.807) is 0 Å². The largest absolute Gasteiger partial charge is 0.439 e. The average molecular weight is 218 g/mol. The molecule has 3 heteroatoms. The monoisotopic (exact) mass is 218 g/mol. The Morgan fingerprint density at radius 1 is 1.38 bits per heavy atom. The molecular weight excluding hydrogens is 200 g/mol. The summed E-state index contributed by atoms with van der Waals surface area (Å²) in [5.41, 5.74) is 9.45. The molecule has 1 aromatic heterocycles. The van der Waals surface area contributed by atoms with Gasteiger partial charge in [-0.05, 0) is 30.0 Å². The van der Waals surface area contributed by atoms with Crippen molar-refractivity contribution in [1.29, 1.82) is 0 Å². The third-order valence-electron chi connectivity index (χ3n) is 2.61. The number of hydrogen-bond donors (Lipinski definition) is 1. The van der Waals surface area contributed by atoms with Crippen molar-refractivity contribution < 1.29 is 4.42 Å². The maximum atomic E-state index is 5.94. The molecule has 0 saturated carbocycles. The van der Waals surface area contributed by atoms with Crippen LogP contribution in [-0.4, -0.2) is 4.98 Å². The van der Waals surface area contributed by atoms with Crippen molar-refractivity contribution >= 4 is 16.8 Å². The van der Waals surface area contributed by atoms with E-state index in [4.69, 9.17) is 10.2 Å². The van der Waals surface area contributed by atoms with Gasteiger partial charge in [0.1, 0.15) is 5.52 Å². The first kappa shape index (κ1) is 11.0. The van der Waals surface area contributed by atoms with Gasteiger partial charge in [0.25, 0.3) is 0 Å². The van der Waals surface area contributed by atoms with E-state index in [-0.39, 0.29) is 0 Å². The molecule has 3 nitrogen and oxygen atoms in total. The van der Waals surface area contributed by atoms with E-state index in [9.17, 15) is 0 Å². The fourth-order valence-electron chi connectivity index (χ4n) is 1.81. The summed E-state index contributed by atoms with van der Waals surface area (Å²) in [5, 5.41) is 0. The van der Waals surface area contributed by atoms with Crippen LogP contribution >= 0.6 is 0 Å². The van der Waals surface area contributed by atoms with Gasteiger partial charge in [-0.1, -0.05) is 20.8 Å². The van der Waals surface area contributed by atoms with Crippen LogP contribution in [0, 0.1) is 5.92 Å². The molecule has 1 heterocycles. The summed E-state index contributed by atoms with van der Waals surface area (Å²) in [6.45, 7) is 6.40. The minimum absolute atomic E-state index is 0.542. The van der Waals surface area contributed by atoms with E-state index in [1.807, 2.05) is 6.07 Å². The predicted octanol–water partition coefficient (Wildman–Crippen LogP) is 3.17. The van der Waals surface area contributed by atoms with Gasteiger partial charge in [-0.2, -0.15) is 0 Å². The second kappa shape index (κ2) is 4.16. The Morgan fingerprint density at radius 2 is 2.12 bits per heavy atom. The smallest absolute Gasteiger partial charge is 0.195 e. The molecule has 0 atom stereocenters. The minimum Gasteiger partial charge on any atom is -0.439 e. The average Bonchev–Trinajstić information content (AvgIpc) is 2.59. The molecule has 0 unspecified atom stereocenters. The Balaban J connectivity index is 2.48. The highest BCUT2D eigenvalue weighted by Gasteiger charge is 2.10. The highest BCUT2D eigenvalue weighted by atomic mass is 16.3. The maximum absolute atomic E-state index is 5.94. The zero-order valence-electron chi connectivity index (χ0n) is 10.1. The third kappa shape index (κ3) is 2.03. The molecule has 2 aromatic rings.